The van der Waals surface area contributed by atoms with Gasteiger partial charge in [0.1, 0.15) is 16.2 Å². The largest absolute Gasteiger partial charge is 0.329 e. The maximum atomic E-state index is 13.0. The van der Waals surface area contributed by atoms with E-state index >= 15 is 0 Å². The summed E-state index contributed by atoms with van der Waals surface area (Å²) >= 11 is 10.2. The van der Waals surface area contributed by atoms with Crippen molar-refractivity contribution in [3.63, 3.8) is 0 Å². The van der Waals surface area contributed by atoms with Crippen LogP contribution in [0.4, 0.5) is 0 Å². The number of rotatable bonds is 5. The van der Waals surface area contributed by atoms with Crippen LogP contribution in [0.2, 0.25) is 0 Å². The lowest BCUT2D eigenvalue weighted by Gasteiger charge is -2.43. The molecule has 2 aliphatic carbocycles. The zero-order chi connectivity index (χ0) is 22.1. The van der Waals surface area contributed by atoms with E-state index in [0.29, 0.717) is 28.6 Å². The highest BCUT2D eigenvalue weighted by molar-refractivity contribution is 8.17. The number of thioether (sulfide) groups is 2. The van der Waals surface area contributed by atoms with E-state index in [9.17, 15) is 4.79 Å². The van der Waals surface area contributed by atoms with Crippen LogP contribution in [-0.2, 0) is 4.79 Å². The number of carbonyl (C=O) groups is 1. The molecule has 5 fully saturated rings. The molecule has 182 valence electrons. The van der Waals surface area contributed by atoms with Crippen molar-refractivity contribution in [1.29, 1.82) is 0 Å². The molecule has 0 radical (unpaired) electrons. The van der Waals surface area contributed by atoms with Gasteiger partial charge in [-0.15, -0.1) is 23.4 Å². The molecule has 3 heterocycles. The molecular weight excluding hydrogens is 466 g/mol. The highest BCUT2D eigenvalue weighted by Gasteiger charge is 2.41. The number of alkyl halides is 1. The Morgan fingerprint density at radius 3 is 2.78 bits per heavy atom. The van der Waals surface area contributed by atoms with Gasteiger partial charge in [-0.25, -0.2) is 21.7 Å². The van der Waals surface area contributed by atoms with Crippen molar-refractivity contribution in [1.82, 2.24) is 37.5 Å². The number of fused-ring (bicyclic) bond motifs is 1. The van der Waals surface area contributed by atoms with E-state index in [2.05, 4.69) is 44.4 Å². The third-order valence-electron chi connectivity index (χ3n) is 7.66. The van der Waals surface area contributed by atoms with E-state index in [0.717, 1.165) is 19.4 Å². The number of nitrogens with one attached hydrogen (secondary N) is 6. The Morgan fingerprint density at radius 1 is 1.09 bits per heavy atom. The number of halogens is 1. The summed E-state index contributed by atoms with van der Waals surface area (Å²) in [6, 6.07) is 0.863. The molecule has 3 aliphatic heterocycles. The van der Waals surface area contributed by atoms with Crippen LogP contribution in [0.3, 0.4) is 0 Å². The summed E-state index contributed by atoms with van der Waals surface area (Å²) in [5, 5.41) is 9.93. The molecule has 8 atom stereocenters. The number of carbonyl (C=O) groups excluding carboxylic acids is 1. The molecule has 0 aromatic heterocycles. The Balaban J connectivity index is 1.08. The fourth-order valence-electron chi connectivity index (χ4n) is 5.89. The Kier molecular flexibility index (Phi) is 8.13. The van der Waals surface area contributed by atoms with Gasteiger partial charge in [-0.3, -0.25) is 4.79 Å². The van der Waals surface area contributed by atoms with Crippen molar-refractivity contribution in [2.75, 3.05) is 6.54 Å². The van der Waals surface area contributed by atoms with Crippen molar-refractivity contribution in [3.8, 4) is 0 Å². The molecule has 3 saturated heterocycles. The number of hydrogen-bond donors (Lipinski definition) is 6. The molecule has 0 aromatic carbocycles. The van der Waals surface area contributed by atoms with Crippen LogP contribution in [0.1, 0.15) is 64.7 Å². The zero-order valence-corrected chi connectivity index (χ0v) is 21.2. The quantitative estimate of drug-likeness (QED) is 0.314. The molecule has 0 bridgehead atoms. The van der Waals surface area contributed by atoms with Gasteiger partial charge in [-0.1, -0.05) is 31.0 Å². The molecule has 5 rings (SSSR count). The average molecular weight is 504 g/mol. The highest BCUT2D eigenvalue weighted by Crippen LogP contribution is 2.42. The second-order valence-electron chi connectivity index (χ2n) is 9.93. The third kappa shape index (κ3) is 5.54. The predicted octanol–water partition coefficient (Wildman–Crippen LogP) is 1.80. The number of nitrogens with zero attached hydrogens (tertiary/aromatic N) is 1. The average Bonchev–Trinajstić information content (AvgIpc) is 3.40. The second-order valence-corrected chi connectivity index (χ2v) is 13.4. The normalized spacial score (nSPS) is 43.8. The Bertz CT molecular complexity index is 658. The van der Waals surface area contributed by atoms with E-state index < -0.39 is 0 Å². The predicted molar refractivity (Wildman–Crippen MR) is 133 cm³/mol. The number of amides is 1. The second kappa shape index (κ2) is 10.9. The van der Waals surface area contributed by atoms with E-state index in [-0.39, 0.29) is 28.2 Å². The molecular formula is C21H38ClN7OS2. The lowest BCUT2D eigenvalue weighted by molar-refractivity contribution is -0.124. The molecule has 0 aromatic rings. The number of hydrazine groups is 3. The van der Waals surface area contributed by atoms with Crippen LogP contribution in [0.25, 0.3) is 0 Å². The van der Waals surface area contributed by atoms with Gasteiger partial charge in [-0.05, 0) is 57.9 Å². The number of hydrogen-bond acceptors (Lipinski definition) is 9. The summed E-state index contributed by atoms with van der Waals surface area (Å²) in [6.45, 7) is 3.15. The lowest BCUT2D eigenvalue weighted by Crippen LogP contribution is -2.54. The molecule has 5 aliphatic rings. The van der Waals surface area contributed by atoms with E-state index in [1.165, 1.54) is 44.9 Å². The first-order valence-corrected chi connectivity index (χ1v) is 14.7. The van der Waals surface area contributed by atoms with Crippen LogP contribution in [0.15, 0.2) is 0 Å². The standard InChI is InChI=1S/C21H38ClN7OS2/c1-12-18(28-29(27-12)14-5-3-2-4-6-14)19(30)24-20-25-26-21(32-20)31-17-9-10-23-16-11-13(22)7-8-15(16)17/h12-18,20-21,23,25-28H,2-11H2,1H3,(H,24,30). The van der Waals surface area contributed by atoms with Crippen molar-refractivity contribution >= 4 is 41.0 Å². The van der Waals surface area contributed by atoms with E-state index in [4.69, 9.17) is 11.6 Å². The first-order chi connectivity index (χ1) is 15.6. The van der Waals surface area contributed by atoms with Crippen LogP contribution in [0.5, 0.6) is 0 Å². The fraction of sp³-hybridized carbons (Fsp3) is 0.952. The maximum Gasteiger partial charge on any atom is 0.242 e. The first-order valence-electron chi connectivity index (χ1n) is 12.4. The number of piperidine rings is 1. The van der Waals surface area contributed by atoms with Gasteiger partial charge in [0.25, 0.3) is 0 Å². The van der Waals surface area contributed by atoms with Crippen LogP contribution < -0.4 is 32.3 Å². The summed E-state index contributed by atoms with van der Waals surface area (Å²) < 4.78 is 0.239. The Morgan fingerprint density at radius 2 is 1.94 bits per heavy atom. The van der Waals surface area contributed by atoms with Gasteiger partial charge in [-0.2, -0.15) is 5.12 Å². The first kappa shape index (κ1) is 23.9. The fourth-order valence-corrected chi connectivity index (χ4v) is 9.17. The minimum Gasteiger partial charge on any atom is -0.329 e. The van der Waals surface area contributed by atoms with Gasteiger partial charge < -0.3 is 10.6 Å². The minimum absolute atomic E-state index is 0.0446. The van der Waals surface area contributed by atoms with Gasteiger partial charge >= 0.3 is 0 Å². The van der Waals surface area contributed by atoms with Gasteiger partial charge in [0.2, 0.25) is 5.91 Å². The molecule has 11 heteroatoms. The summed E-state index contributed by atoms with van der Waals surface area (Å²) in [5.74, 6) is 0.739. The Hall–Kier alpha value is 0.220. The van der Waals surface area contributed by atoms with E-state index in [1.807, 2.05) is 11.8 Å². The molecule has 32 heavy (non-hydrogen) atoms. The molecule has 6 N–H and O–H groups in total. The van der Waals surface area contributed by atoms with Crippen molar-refractivity contribution in [3.05, 3.63) is 0 Å². The molecule has 8 unspecified atom stereocenters. The maximum absolute atomic E-state index is 13.0. The van der Waals surface area contributed by atoms with Crippen molar-refractivity contribution in [2.24, 2.45) is 5.92 Å². The molecule has 8 nitrogen and oxygen atoms in total. The van der Waals surface area contributed by atoms with Gasteiger partial charge in [0.05, 0.1) is 0 Å². The summed E-state index contributed by atoms with van der Waals surface area (Å²) in [7, 11) is 0. The monoisotopic (exact) mass is 503 g/mol. The SMILES string of the molecule is CC1NN(C2CCCCC2)NC1C(=O)NC1NNC(SC2CCNC3CC(Cl)CCC32)S1. The van der Waals surface area contributed by atoms with Gasteiger partial charge in [0.15, 0.2) is 0 Å². The molecule has 1 amide bonds. The summed E-state index contributed by atoms with van der Waals surface area (Å²) in [5.41, 5.74) is 13.5. The van der Waals surface area contributed by atoms with Crippen LogP contribution in [-0.4, -0.2) is 62.6 Å². The van der Waals surface area contributed by atoms with Crippen molar-refractivity contribution in [2.45, 2.75) is 110 Å². The summed E-state index contributed by atoms with van der Waals surface area (Å²) in [6.07, 6.45) is 10.9. The Labute approximate surface area is 205 Å². The topological polar surface area (TPSA) is 92.5 Å². The van der Waals surface area contributed by atoms with Crippen LogP contribution >= 0.6 is 35.1 Å². The highest BCUT2D eigenvalue weighted by atomic mass is 35.5. The summed E-state index contributed by atoms with van der Waals surface area (Å²) in [4.78, 5) is 13.0. The van der Waals surface area contributed by atoms with Crippen molar-refractivity contribution < 1.29 is 4.79 Å². The zero-order valence-electron chi connectivity index (χ0n) is 18.8. The van der Waals surface area contributed by atoms with E-state index in [1.54, 1.807) is 11.8 Å². The lowest BCUT2D eigenvalue weighted by atomic mass is 9.79. The molecule has 0 spiro atoms. The van der Waals surface area contributed by atoms with Gasteiger partial charge in [0, 0.05) is 28.8 Å². The third-order valence-corrected chi connectivity index (χ3v) is 10.9. The molecule has 2 saturated carbocycles. The smallest absolute Gasteiger partial charge is 0.242 e. The minimum atomic E-state index is -0.248. The van der Waals surface area contributed by atoms with Crippen LogP contribution in [0, 0.1) is 5.92 Å².